The van der Waals surface area contributed by atoms with Crippen LogP contribution in [0.2, 0.25) is 0 Å². The number of rotatable bonds is 5. The molecule has 0 saturated heterocycles. The van der Waals surface area contributed by atoms with E-state index in [-0.39, 0.29) is 23.8 Å². The van der Waals surface area contributed by atoms with Crippen LogP contribution in [0.25, 0.3) is 0 Å². The van der Waals surface area contributed by atoms with E-state index < -0.39 is 0 Å². The Hall–Kier alpha value is -1.87. The van der Waals surface area contributed by atoms with Crippen LogP contribution < -0.4 is 10.2 Å². The first kappa shape index (κ1) is 18.9. The van der Waals surface area contributed by atoms with E-state index in [1.165, 1.54) is 22.7 Å². The second-order valence-electron chi connectivity index (χ2n) is 6.79. The number of aryl methyl sites for hydroxylation is 1. The van der Waals surface area contributed by atoms with Crippen LogP contribution in [0.3, 0.4) is 0 Å². The Labute approximate surface area is 160 Å². The summed E-state index contributed by atoms with van der Waals surface area (Å²) in [6, 6.07) is 0.186. The molecule has 0 atom stereocenters. The fourth-order valence-corrected chi connectivity index (χ4v) is 4.90. The van der Waals surface area contributed by atoms with Gasteiger partial charge < -0.3 is 0 Å². The summed E-state index contributed by atoms with van der Waals surface area (Å²) >= 11 is 2.64. The molecule has 2 aromatic heterocycles. The third kappa shape index (κ3) is 3.93. The van der Waals surface area contributed by atoms with E-state index in [4.69, 9.17) is 0 Å². The number of nitrogens with one attached hydrogen (secondary N) is 1. The van der Waals surface area contributed by atoms with E-state index in [0.29, 0.717) is 20.8 Å². The van der Waals surface area contributed by atoms with Gasteiger partial charge in [-0.05, 0) is 19.8 Å². The van der Waals surface area contributed by atoms with Gasteiger partial charge in [0.2, 0.25) is 11.0 Å². The maximum Gasteiger partial charge on any atom is 0.269 e. The van der Waals surface area contributed by atoms with Gasteiger partial charge in [-0.1, -0.05) is 49.4 Å². The Morgan fingerprint density at radius 2 is 1.88 bits per heavy atom. The lowest BCUT2D eigenvalue weighted by atomic mass is 10.2. The molecule has 0 aromatic carbocycles. The van der Waals surface area contributed by atoms with Gasteiger partial charge in [0.15, 0.2) is 5.13 Å². The monoisotopic (exact) mass is 393 g/mol. The number of aromatic nitrogens is 3. The van der Waals surface area contributed by atoms with E-state index in [1.54, 1.807) is 18.7 Å². The third-order valence-corrected chi connectivity index (χ3v) is 6.68. The predicted molar refractivity (Wildman–Crippen MR) is 104 cm³/mol. The molecule has 140 valence electrons. The quantitative estimate of drug-likeness (QED) is 0.830. The first-order chi connectivity index (χ1) is 12.4. The molecule has 9 heteroatoms. The zero-order valence-electron chi connectivity index (χ0n) is 15.4. The summed E-state index contributed by atoms with van der Waals surface area (Å²) in [5, 5.41) is 12.9. The molecule has 3 rings (SSSR count). The Morgan fingerprint density at radius 3 is 2.46 bits per heavy atom. The maximum absolute atomic E-state index is 12.6. The van der Waals surface area contributed by atoms with Crippen molar-refractivity contribution in [3.05, 3.63) is 15.6 Å². The molecule has 1 saturated carbocycles. The van der Waals surface area contributed by atoms with Crippen molar-refractivity contribution in [3.8, 4) is 0 Å². The highest BCUT2D eigenvalue weighted by Crippen LogP contribution is 2.33. The van der Waals surface area contributed by atoms with E-state index in [0.717, 1.165) is 30.7 Å². The number of anilines is 2. The van der Waals surface area contributed by atoms with Gasteiger partial charge in [0.05, 0.1) is 5.69 Å². The van der Waals surface area contributed by atoms with Crippen molar-refractivity contribution < 1.29 is 9.59 Å². The zero-order chi connectivity index (χ0) is 18.8. The first-order valence-corrected chi connectivity index (χ1v) is 10.4. The minimum Gasteiger partial charge on any atom is -0.296 e. The maximum atomic E-state index is 12.6. The van der Waals surface area contributed by atoms with Gasteiger partial charge >= 0.3 is 0 Å². The van der Waals surface area contributed by atoms with Crippen molar-refractivity contribution in [3.63, 3.8) is 0 Å². The largest absolute Gasteiger partial charge is 0.296 e. The van der Waals surface area contributed by atoms with Gasteiger partial charge in [0.25, 0.3) is 5.91 Å². The summed E-state index contributed by atoms with van der Waals surface area (Å²) < 4.78 is 0. The van der Waals surface area contributed by atoms with E-state index in [1.807, 2.05) is 13.8 Å². The van der Waals surface area contributed by atoms with Crippen LogP contribution in [0.15, 0.2) is 0 Å². The SMILES string of the molecule is CC(=O)N(c1nc(C)c(C(=O)Nc2nnc(C(C)C)s2)s1)C1CCCC1. The van der Waals surface area contributed by atoms with E-state index in [9.17, 15) is 9.59 Å². The van der Waals surface area contributed by atoms with E-state index >= 15 is 0 Å². The summed E-state index contributed by atoms with van der Waals surface area (Å²) in [6.07, 6.45) is 4.23. The Balaban J connectivity index is 1.79. The molecule has 1 N–H and O–H groups in total. The lowest BCUT2D eigenvalue weighted by Gasteiger charge is -2.24. The molecule has 0 unspecified atom stereocenters. The number of hydrogen-bond donors (Lipinski definition) is 1. The average molecular weight is 394 g/mol. The van der Waals surface area contributed by atoms with Gasteiger partial charge in [0.1, 0.15) is 9.88 Å². The number of amides is 2. The molecule has 7 nitrogen and oxygen atoms in total. The van der Waals surface area contributed by atoms with Crippen molar-refractivity contribution in [1.82, 2.24) is 15.2 Å². The molecule has 26 heavy (non-hydrogen) atoms. The van der Waals surface area contributed by atoms with Crippen LogP contribution in [0.4, 0.5) is 10.3 Å². The standard InChI is InChI=1S/C17H23N5O2S2/c1-9(2)15-20-21-16(26-15)19-14(24)13-10(3)18-17(25-13)22(11(4)23)12-7-5-6-8-12/h9,12H,5-8H2,1-4H3,(H,19,21,24). The minimum atomic E-state index is -0.257. The molecule has 0 spiro atoms. The fourth-order valence-electron chi connectivity index (χ4n) is 3.08. The summed E-state index contributed by atoms with van der Waals surface area (Å²) in [7, 11) is 0. The number of thiazole rings is 1. The molecule has 1 aliphatic rings. The molecule has 0 aliphatic heterocycles. The first-order valence-electron chi connectivity index (χ1n) is 8.78. The van der Waals surface area contributed by atoms with E-state index in [2.05, 4.69) is 20.5 Å². The lowest BCUT2D eigenvalue weighted by molar-refractivity contribution is -0.117. The van der Waals surface area contributed by atoms with Crippen molar-refractivity contribution in [2.45, 2.75) is 65.3 Å². The van der Waals surface area contributed by atoms with Crippen molar-refractivity contribution in [1.29, 1.82) is 0 Å². The van der Waals surface area contributed by atoms with Crippen LogP contribution in [-0.4, -0.2) is 33.0 Å². The second-order valence-corrected chi connectivity index (χ2v) is 8.78. The summed E-state index contributed by atoms with van der Waals surface area (Å²) in [4.78, 5) is 31.6. The van der Waals surface area contributed by atoms with Gasteiger partial charge in [-0.25, -0.2) is 4.98 Å². The minimum absolute atomic E-state index is 0.0247. The van der Waals surface area contributed by atoms with Crippen LogP contribution in [0.1, 0.15) is 72.7 Å². The molecule has 2 amide bonds. The van der Waals surface area contributed by atoms with Gasteiger partial charge in [-0.15, -0.1) is 10.2 Å². The van der Waals surface area contributed by atoms with Crippen LogP contribution >= 0.6 is 22.7 Å². The molecular weight excluding hydrogens is 370 g/mol. The Kier molecular flexibility index (Phi) is 5.67. The van der Waals surface area contributed by atoms with Crippen molar-refractivity contribution in [2.75, 3.05) is 10.2 Å². The topological polar surface area (TPSA) is 88.1 Å². The van der Waals surface area contributed by atoms with Crippen LogP contribution in [-0.2, 0) is 4.79 Å². The summed E-state index contributed by atoms with van der Waals surface area (Å²) in [6.45, 7) is 7.42. The molecule has 2 heterocycles. The predicted octanol–water partition coefficient (Wildman–Crippen LogP) is 3.97. The lowest BCUT2D eigenvalue weighted by Crippen LogP contribution is -2.37. The van der Waals surface area contributed by atoms with Crippen LogP contribution in [0.5, 0.6) is 0 Å². The number of hydrogen-bond acceptors (Lipinski definition) is 7. The zero-order valence-corrected chi connectivity index (χ0v) is 17.0. The Morgan fingerprint density at radius 1 is 1.19 bits per heavy atom. The fraction of sp³-hybridized carbons (Fsp3) is 0.588. The summed E-state index contributed by atoms with van der Waals surface area (Å²) in [5.41, 5.74) is 0.625. The number of carbonyl (C=O) groups excluding carboxylic acids is 2. The highest BCUT2D eigenvalue weighted by Gasteiger charge is 2.29. The molecular formula is C17H23N5O2S2. The molecule has 0 bridgehead atoms. The molecule has 2 aromatic rings. The Bertz CT molecular complexity index is 808. The second kappa shape index (κ2) is 7.79. The van der Waals surface area contributed by atoms with Gasteiger partial charge in [0, 0.05) is 18.9 Å². The number of nitrogens with zero attached hydrogens (tertiary/aromatic N) is 4. The number of carbonyl (C=O) groups is 2. The normalized spacial score (nSPS) is 14.8. The van der Waals surface area contributed by atoms with Crippen molar-refractivity contribution in [2.24, 2.45) is 0 Å². The average Bonchev–Trinajstić information content (AvgIpc) is 3.28. The summed E-state index contributed by atoms with van der Waals surface area (Å²) in [5.74, 6) is -0.0126. The molecule has 1 fully saturated rings. The highest BCUT2D eigenvalue weighted by molar-refractivity contribution is 7.18. The third-order valence-electron chi connectivity index (χ3n) is 4.38. The highest BCUT2D eigenvalue weighted by atomic mass is 32.1. The van der Waals surface area contributed by atoms with Crippen molar-refractivity contribution >= 4 is 44.8 Å². The van der Waals surface area contributed by atoms with Gasteiger partial charge in [-0.3, -0.25) is 19.8 Å². The van der Waals surface area contributed by atoms with Crippen LogP contribution in [0, 0.1) is 6.92 Å². The smallest absolute Gasteiger partial charge is 0.269 e. The molecule has 1 aliphatic carbocycles. The molecule has 0 radical (unpaired) electrons. The van der Waals surface area contributed by atoms with Gasteiger partial charge in [-0.2, -0.15) is 0 Å².